The van der Waals surface area contributed by atoms with Gasteiger partial charge in [-0.1, -0.05) is 13.8 Å². The van der Waals surface area contributed by atoms with E-state index in [0.29, 0.717) is 12.0 Å². The second kappa shape index (κ2) is 4.73. The van der Waals surface area contributed by atoms with E-state index in [1.807, 2.05) is 21.0 Å². The average molecular weight is 159 g/mol. The summed E-state index contributed by atoms with van der Waals surface area (Å²) in [7, 11) is 4.03. The lowest BCUT2D eigenvalue weighted by atomic mass is 9.99. The summed E-state index contributed by atoms with van der Waals surface area (Å²) in [5.74, 6) is 0.650. The molecule has 2 nitrogen and oxygen atoms in total. The Labute approximate surface area is 70.2 Å². The van der Waals surface area contributed by atoms with Gasteiger partial charge in [-0.15, -0.1) is 0 Å². The van der Waals surface area contributed by atoms with Gasteiger partial charge in [-0.05, 0) is 33.4 Å². The van der Waals surface area contributed by atoms with Crippen LogP contribution in [0.1, 0.15) is 27.2 Å². The van der Waals surface area contributed by atoms with Crippen molar-refractivity contribution in [2.75, 3.05) is 14.1 Å². The van der Waals surface area contributed by atoms with E-state index in [4.69, 9.17) is 0 Å². The molecule has 0 aliphatic rings. The number of rotatable bonds is 4. The van der Waals surface area contributed by atoms with Gasteiger partial charge in [-0.3, -0.25) is 0 Å². The molecule has 0 amide bonds. The molecule has 2 atom stereocenters. The van der Waals surface area contributed by atoms with Crippen molar-refractivity contribution in [2.24, 2.45) is 5.92 Å². The molecule has 0 spiro atoms. The van der Waals surface area contributed by atoms with Crippen molar-refractivity contribution in [2.45, 2.75) is 39.3 Å². The van der Waals surface area contributed by atoms with Crippen molar-refractivity contribution in [1.82, 2.24) is 4.90 Å². The molecule has 0 fully saturated rings. The molecule has 0 bridgehead atoms. The zero-order valence-corrected chi connectivity index (χ0v) is 8.33. The van der Waals surface area contributed by atoms with Crippen LogP contribution in [0.5, 0.6) is 0 Å². The standard InChI is InChI=1S/C9H21NO/c1-7(2)6-9(8(3)11)10(4)5/h7-9,11H,6H2,1-5H3/t8?,9-/m0/s1. The van der Waals surface area contributed by atoms with Gasteiger partial charge in [-0.25, -0.2) is 0 Å². The Morgan fingerprint density at radius 1 is 1.18 bits per heavy atom. The maximum Gasteiger partial charge on any atom is 0.0667 e. The molecule has 0 heterocycles. The minimum atomic E-state index is -0.229. The molecule has 0 aliphatic heterocycles. The van der Waals surface area contributed by atoms with Crippen LogP contribution in [0.15, 0.2) is 0 Å². The zero-order valence-electron chi connectivity index (χ0n) is 8.33. The number of likely N-dealkylation sites (N-methyl/N-ethyl adjacent to an activating group) is 1. The predicted molar refractivity (Wildman–Crippen MR) is 48.6 cm³/mol. The molecular weight excluding hydrogens is 138 g/mol. The molecule has 11 heavy (non-hydrogen) atoms. The second-order valence-corrected chi connectivity index (χ2v) is 3.90. The fraction of sp³-hybridized carbons (Fsp3) is 1.00. The topological polar surface area (TPSA) is 23.5 Å². The molecule has 0 aliphatic carbocycles. The van der Waals surface area contributed by atoms with E-state index >= 15 is 0 Å². The lowest BCUT2D eigenvalue weighted by Crippen LogP contribution is -2.38. The SMILES string of the molecule is CC(C)C[C@@H](C(C)O)N(C)C. The molecular formula is C9H21NO. The third-order valence-corrected chi connectivity index (χ3v) is 1.93. The fourth-order valence-electron chi connectivity index (χ4n) is 1.32. The second-order valence-electron chi connectivity index (χ2n) is 3.90. The Morgan fingerprint density at radius 3 is 1.73 bits per heavy atom. The van der Waals surface area contributed by atoms with Crippen molar-refractivity contribution in [3.63, 3.8) is 0 Å². The molecule has 1 N–H and O–H groups in total. The Bertz CT molecular complexity index is 91.7. The zero-order chi connectivity index (χ0) is 9.02. The van der Waals surface area contributed by atoms with E-state index in [0.717, 1.165) is 6.42 Å². The first-order valence-electron chi connectivity index (χ1n) is 4.29. The largest absolute Gasteiger partial charge is 0.392 e. The molecule has 0 aromatic carbocycles. The van der Waals surface area contributed by atoms with Gasteiger partial charge in [-0.2, -0.15) is 0 Å². The maximum absolute atomic E-state index is 9.39. The number of hydrogen-bond acceptors (Lipinski definition) is 2. The van der Waals surface area contributed by atoms with Crippen LogP contribution in [0.2, 0.25) is 0 Å². The Hall–Kier alpha value is -0.0800. The summed E-state index contributed by atoms with van der Waals surface area (Å²) in [5.41, 5.74) is 0. The van der Waals surface area contributed by atoms with Gasteiger partial charge in [0.05, 0.1) is 6.10 Å². The molecule has 0 saturated carbocycles. The fourth-order valence-corrected chi connectivity index (χ4v) is 1.32. The van der Waals surface area contributed by atoms with Crippen molar-refractivity contribution in [1.29, 1.82) is 0 Å². The Morgan fingerprint density at radius 2 is 1.64 bits per heavy atom. The highest BCUT2D eigenvalue weighted by Gasteiger charge is 2.17. The maximum atomic E-state index is 9.39. The highest BCUT2D eigenvalue weighted by Crippen LogP contribution is 2.11. The van der Waals surface area contributed by atoms with Crippen LogP contribution in [-0.4, -0.2) is 36.2 Å². The first-order chi connectivity index (χ1) is 4.95. The normalized spacial score (nSPS) is 17.5. The molecule has 68 valence electrons. The predicted octanol–water partition coefficient (Wildman–Crippen LogP) is 1.34. The van der Waals surface area contributed by atoms with Crippen LogP contribution >= 0.6 is 0 Å². The van der Waals surface area contributed by atoms with E-state index in [1.165, 1.54) is 0 Å². The minimum absolute atomic E-state index is 0.229. The van der Waals surface area contributed by atoms with Gasteiger partial charge in [0.25, 0.3) is 0 Å². The van der Waals surface area contributed by atoms with Crippen molar-refractivity contribution >= 4 is 0 Å². The quantitative estimate of drug-likeness (QED) is 0.669. The number of aliphatic hydroxyl groups excluding tert-OH is 1. The van der Waals surface area contributed by atoms with Gasteiger partial charge in [0.1, 0.15) is 0 Å². The van der Waals surface area contributed by atoms with Crippen molar-refractivity contribution < 1.29 is 5.11 Å². The van der Waals surface area contributed by atoms with E-state index in [1.54, 1.807) is 0 Å². The summed E-state index contributed by atoms with van der Waals surface area (Å²) in [4.78, 5) is 2.09. The molecule has 1 unspecified atom stereocenters. The van der Waals surface area contributed by atoms with E-state index in [9.17, 15) is 5.11 Å². The smallest absolute Gasteiger partial charge is 0.0667 e. The molecule has 0 radical (unpaired) electrons. The summed E-state index contributed by atoms with van der Waals surface area (Å²) >= 11 is 0. The number of nitrogens with zero attached hydrogens (tertiary/aromatic N) is 1. The van der Waals surface area contributed by atoms with Crippen LogP contribution in [0, 0.1) is 5.92 Å². The minimum Gasteiger partial charge on any atom is -0.392 e. The van der Waals surface area contributed by atoms with Crippen LogP contribution in [0.25, 0.3) is 0 Å². The molecule has 0 aromatic heterocycles. The summed E-state index contributed by atoms with van der Waals surface area (Å²) < 4.78 is 0. The van der Waals surface area contributed by atoms with Crippen LogP contribution in [-0.2, 0) is 0 Å². The van der Waals surface area contributed by atoms with E-state index in [2.05, 4.69) is 18.7 Å². The lowest BCUT2D eigenvalue weighted by molar-refractivity contribution is 0.0775. The lowest BCUT2D eigenvalue weighted by Gasteiger charge is -2.28. The van der Waals surface area contributed by atoms with Gasteiger partial charge in [0.2, 0.25) is 0 Å². The number of aliphatic hydroxyl groups is 1. The van der Waals surface area contributed by atoms with Gasteiger partial charge >= 0.3 is 0 Å². The first kappa shape index (κ1) is 10.9. The van der Waals surface area contributed by atoms with Crippen LogP contribution in [0.3, 0.4) is 0 Å². The third-order valence-electron chi connectivity index (χ3n) is 1.93. The average Bonchev–Trinajstić information content (AvgIpc) is 1.81. The van der Waals surface area contributed by atoms with Crippen LogP contribution in [0.4, 0.5) is 0 Å². The third kappa shape index (κ3) is 4.38. The molecule has 2 heteroatoms. The van der Waals surface area contributed by atoms with Crippen LogP contribution < -0.4 is 0 Å². The van der Waals surface area contributed by atoms with Crippen molar-refractivity contribution in [3.8, 4) is 0 Å². The number of hydrogen-bond donors (Lipinski definition) is 1. The van der Waals surface area contributed by atoms with E-state index in [-0.39, 0.29) is 6.10 Å². The summed E-state index contributed by atoms with van der Waals surface area (Å²) in [6.45, 7) is 6.21. The molecule has 0 rings (SSSR count). The summed E-state index contributed by atoms with van der Waals surface area (Å²) in [6, 6.07) is 0.301. The first-order valence-corrected chi connectivity index (χ1v) is 4.29. The highest BCUT2D eigenvalue weighted by atomic mass is 16.3. The van der Waals surface area contributed by atoms with Gasteiger partial charge < -0.3 is 10.0 Å². The van der Waals surface area contributed by atoms with Crippen molar-refractivity contribution in [3.05, 3.63) is 0 Å². The summed E-state index contributed by atoms with van der Waals surface area (Å²) in [5, 5.41) is 9.39. The Kier molecular flexibility index (Phi) is 4.69. The highest BCUT2D eigenvalue weighted by molar-refractivity contribution is 4.72. The van der Waals surface area contributed by atoms with E-state index < -0.39 is 0 Å². The monoisotopic (exact) mass is 159 g/mol. The van der Waals surface area contributed by atoms with Gasteiger partial charge in [0.15, 0.2) is 0 Å². The Balaban J connectivity index is 3.90. The molecule has 0 saturated heterocycles. The van der Waals surface area contributed by atoms with Gasteiger partial charge in [0, 0.05) is 6.04 Å². The molecule has 0 aromatic rings. The summed E-state index contributed by atoms with van der Waals surface area (Å²) in [6.07, 6.45) is 0.831.